The molecule has 2 aliphatic rings. The number of hydrogen-bond donors (Lipinski definition) is 0. The number of rotatable bonds is 8. The van der Waals surface area contributed by atoms with Gasteiger partial charge in [-0.3, -0.25) is 0 Å². The van der Waals surface area contributed by atoms with E-state index in [1.165, 1.54) is 88.7 Å². The maximum absolute atomic E-state index is 2.52. The van der Waals surface area contributed by atoms with Gasteiger partial charge >= 0.3 is 0 Å². The van der Waals surface area contributed by atoms with E-state index < -0.39 is 5.41 Å². The number of benzene rings is 10. The zero-order valence-electron chi connectivity index (χ0n) is 38.0. The Morgan fingerprint density at radius 1 is 0.333 bits per heavy atom. The molecule has 0 fully saturated rings. The molecule has 0 unspecified atom stereocenters. The third-order valence-electron chi connectivity index (χ3n) is 15.0. The smallest absolute Gasteiger partial charge is 0.0701 e. The van der Waals surface area contributed by atoms with Crippen LogP contribution in [-0.2, 0) is 16.2 Å². The quantitative estimate of drug-likeness (QED) is 0.138. The molecule has 316 valence electrons. The summed E-state index contributed by atoms with van der Waals surface area (Å²) in [6, 6.07) is 88.3. The van der Waals surface area contributed by atoms with Gasteiger partial charge in [0.25, 0.3) is 0 Å². The van der Waals surface area contributed by atoms with Gasteiger partial charge < -0.3 is 4.90 Å². The predicted octanol–water partition coefficient (Wildman–Crippen LogP) is 17.0. The molecule has 0 N–H and O–H groups in total. The van der Waals surface area contributed by atoms with Crippen molar-refractivity contribution in [2.45, 2.75) is 43.9 Å². The van der Waals surface area contributed by atoms with Crippen LogP contribution in [0, 0.1) is 0 Å². The molecule has 0 atom stereocenters. The normalized spacial score (nSPS) is 14.0. The molecule has 0 bridgehead atoms. The molecule has 0 spiro atoms. The Morgan fingerprint density at radius 3 is 1.42 bits per heavy atom. The zero-order valence-corrected chi connectivity index (χ0v) is 38.0. The van der Waals surface area contributed by atoms with E-state index in [9.17, 15) is 0 Å². The summed E-state index contributed by atoms with van der Waals surface area (Å²) in [6.07, 6.45) is 0. The van der Waals surface area contributed by atoms with E-state index >= 15 is 0 Å². The van der Waals surface area contributed by atoms with Gasteiger partial charge in [-0.1, -0.05) is 228 Å². The fourth-order valence-corrected chi connectivity index (χ4v) is 11.8. The lowest BCUT2D eigenvalue weighted by molar-refractivity contribution is 0.660. The van der Waals surface area contributed by atoms with Gasteiger partial charge in [0.15, 0.2) is 0 Å². The van der Waals surface area contributed by atoms with Crippen LogP contribution >= 0.6 is 0 Å². The van der Waals surface area contributed by atoms with Crippen LogP contribution in [-0.4, -0.2) is 0 Å². The van der Waals surface area contributed by atoms with E-state index in [1.54, 1.807) is 0 Å². The van der Waals surface area contributed by atoms with Crippen molar-refractivity contribution in [1.82, 2.24) is 0 Å². The molecular formula is C65H51N. The first-order chi connectivity index (χ1) is 32.3. The van der Waals surface area contributed by atoms with Crippen LogP contribution in [0.4, 0.5) is 17.1 Å². The summed E-state index contributed by atoms with van der Waals surface area (Å²) in [5.41, 5.74) is 20.7. The predicted molar refractivity (Wildman–Crippen MR) is 278 cm³/mol. The molecule has 1 nitrogen and oxygen atoms in total. The van der Waals surface area contributed by atoms with E-state index in [0.29, 0.717) is 0 Å². The first kappa shape index (κ1) is 39.8. The van der Waals surface area contributed by atoms with Crippen LogP contribution in [0.2, 0.25) is 0 Å². The summed E-state index contributed by atoms with van der Waals surface area (Å²) >= 11 is 0. The van der Waals surface area contributed by atoms with Crippen molar-refractivity contribution < 1.29 is 0 Å². The Kier molecular flexibility index (Phi) is 9.16. The van der Waals surface area contributed by atoms with Crippen molar-refractivity contribution in [2.75, 3.05) is 4.90 Å². The van der Waals surface area contributed by atoms with Crippen molar-refractivity contribution >= 4 is 27.8 Å². The summed E-state index contributed by atoms with van der Waals surface area (Å²) < 4.78 is 0. The molecule has 0 saturated carbocycles. The maximum Gasteiger partial charge on any atom is 0.0701 e. The molecule has 0 amide bonds. The minimum Gasteiger partial charge on any atom is -0.310 e. The van der Waals surface area contributed by atoms with Crippen LogP contribution in [0.15, 0.2) is 237 Å². The third kappa shape index (κ3) is 5.93. The van der Waals surface area contributed by atoms with E-state index in [4.69, 9.17) is 0 Å². The monoisotopic (exact) mass is 845 g/mol. The summed E-state index contributed by atoms with van der Waals surface area (Å²) in [5, 5.41) is 2.45. The average Bonchev–Trinajstić information content (AvgIpc) is 3.74. The van der Waals surface area contributed by atoms with Gasteiger partial charge in [-0.15, -0.1) is 0 Å². The van der Waals surface area contributed by atoms with Crippen molar-refractivity contribution in [3.63, 3.8) is 0 Å². The first-order valence-electron chi connectivity index (χ1n) is 23.3. The highest BCUT2D eigenvalue weighted by Gasteiger charge is 2.40. The molecule has 0 aromatic heterocycles. The second-order valence-corrected chi connectivity index (χ2v) is 19.2. The van der Waals surface area contributed by atoms with Crippen molar-refractivity contribution in [3.8, 4) is 33.4 Å². The Labute approximate surface area is 389 Å². The Morgan fingerprint density at radius 2 is 0.803 bits per heavy atom. The third-order valence-corrected chi connectivity index (χ3v) is 15.0. The van der Waals surface area contributed by atoms with Gasteiger partial charge in [0.1, 0.15) is 0 Å². The van der Waals surface area contributed by atoms with Crippen molar-refractivity contribution in [3.05, 3.63) is 281 Å². The summed E-state index contributed by atoms with van der Waals surface area (Å²) in [6.45, 7) is 9.48. The number of hydrogen-bond acceptors (Lipinski definition) is 1. The fourth-order valence-electron chi connectivity index (χ4n) is 11.8. The highest BCUT2D eigenvalue weighted by Crippen LogP contribution is 2.54. The van der Waals surface area contributed by atoms with Gasteiger partial charge in [-0.25, -0.2) is 0 Å². The molecule has 0 heterocycles. The van der Waals surface area contributed by atoms with E-state index in [0.717, 1.165) is 17.1 Å². The molecule has 2 aliphatic carbocycles. The van der Waals surface area contributed by atoms with Crippen molar-refractivity contribution in [2.24, 2.45) is 0 Å². The van der Waals surface area contributed by atoms with Crippen LogP contribution in [0.1, 0.15) is 72.2 Å². The fraction of sp³-hybridized carbons (Fsp3) is 0.108. The van der Waals surface area contributed by atoms with Gasteiger partial charge in [0, 0.05) is 27.8 Å². The lowest BCUT2D eigenvalue weighted by atomic mass is 9.65. The summed E-state index contributed by atoms with van der Waals surface area (Å²) in [5.74, 6) is 0. The molecule has 66 heavy (non-hydrogen) atoms. The lowest BCUT2D eigenvalue weighted by Gasteiger charge is -2.37. The Balaban J connectivity index is 1.11. The van der Waals surface area contributed by atoms with E-state index in [-0.39, 0.29) is 10.8 Å². The minimum absolute atomic E-state index is 0.102. The van der Waals surface area contributed by atoms with Crippen molar-refractivity contribution in [1.29, 1.82) is 0 Å². The van der Waals surface area contributed by atoms with Crippen LogP contribution < -0.4 is 4.90 Å². The van der Waals surface area contributed by atoms with Crippen LogP contribution in [0.3, 0.4) is 0 Å². The van der Waals surface area contributed by atoms with Crippen LogP contribution in [0.25, 0.3) is 44.2 Å². The summed E-state index contributed by atoms with van der Waals surface area (Å²) in [4.78, 5) is 2.52. The van der Waals surface area contributed by atoms with Crippen LogP contribution in [0.5, 0.6) is 0 Å². The molecular weight excluding hydrogens is 795 g/mol. The first-order valence-corrected chi connectivity index (χ1v) is 23.3. The molecule has 0 radical (unpaired) electrons. The van der Waals surface area contributed by atoms with Gasteiger partial charge in [0.2, 0.25) is 0 Å². The molecule has 10 aromatic rings. The Bertz CT molecular complexity index is 3360. The van der Waals surface area contributed by atoms with E-state index in [2.05, 4.69) is 269 Å². The molecule has 0 saturated heterocycles. The highest BCUT2D eigenvalue weighted by molar-refractivity contribution is 6.06. The maximum atomic E-state index is 2.52. The second-order valence-electron chi connectivity index (χ2n) is 19.2. The molecule has 12 rings (SSSR count). The summed E-state index contributed by atoms with van der Waals surface area (Å²) in [7, 11) is 0. The number of nitrogens with zero attached hydrogens (tertiary/aromatic N) is 1. The topological polar surface area (TPSA) is 3.24 Å². The second kappa shape index (κ2) is 15.2. The standard InChI is InChI=1S/C65H51N/c1-63(2)58-31-19-17-29-54(58)56-43-51(38-40-59(56)63)66(50-36-34-49(35-37-50)65(46-21-8-5-9-22-46,47-23-10-6-11-24-47)48-25-12-7-13-26-48)61-41-33-44-20-14-15-27-52(44)62(61)45-32-39-55-53-28-16-18-30-57(53)64(3,4)60(55)42-45/h5-43H,1-4H3. The largest absolute Gasteiger partial charge is 0.310 e. The SMILES string of the molecule is CC1(C)c2ccccc2-c2cc(N(c3ccc(C(c4ccccc4)(c4ccccc4)c4ccccc4)cc3)c3ccc4ccccc4c3-c3ccc4c(c3)C(C)(C)c3ccccc3-4)ccc21. The molecule has 0 aliphatic heterocycles. The number of anilines is 3. The van der Waals surface area contributed by atoms with E-state index in [1.807, 2.05) is 0 Å². The zero-order chi connectivity index (χ0) is 44.6. The van der Waals surface area contributed by atoms with Gasteiger partial charge in [-0.05, 0) is 119 Å². The highest BCUT2D eigenvalue weighted by atomic mass is 15.1. The number of fused-ring (bicyclic) bond motifs is 7. The minimum atomic E-state index is -0.557. The average molecular weight is 846 g/mol. The van der Waals surface area contributed by atoms with Gasteiger partial charge in [-0.2, -0.15) is 0 Å². The Hall–Kier alpha value is -7.74. The molecule has 10 aromatic carbocycles. The van der Waals surface area contributed by atoms with Gasteiger partial charge in [0.05, 0.1) is 11.1 Å². The molecule has 1 heteroatoms. The lowest BCUT2D eigenvalue weighted by Crippen LogP contribution is -2.31.